The predicted octanol–water partition coefficient (Wildman–Crippen LogP) is 1.13. The summed E-state index contributed by atoms with van der Waals surface area (Å²) in [5, 5.41) is 10.2. The third-order valence-electron chi connectivity index (χ3n) is 2.13. The molecule has 0 aromatic heterocycles. The van der Waals surface area contributed by atoms with Gasteiger partial charge in [-0.3, -0.25) is 14.4 Å². The first-order valence-electron chi connectivity index (χ1n) is 4.58. The quantitative estimate of drug-likeness (QED) is 0.601. The van der Waals surface area contributed by atoms with E-state index in [2.05, 4.69) is 0 Å². The first-order chi connectivity index (χ1) is 7.74. The van der Waals surface area contributed by atoms with Gasteiger partial charge in [0, 0.05) is 12.0 Å². The van der Waals surface area contributed by atoms with Crippen LogP contribution in [0.15, 0.2) is 18.2 Å². The smallest absolute Gasteiger partial charge is 0.265 e. The molecule has 0 radical (unpaired) electrons. The summed E-state index contributed by atoms with van der Waals surface area (Å²) in [6.45, 7) is 1.66. The number of aryl methyl sites for hydroxylation is 1. The lowest BCUT2D eigenvalue weighted by atomic mass is 10.2. The number of nitrogens with zero attached hydrogens (tertiary/aromatic N) is 2. The summed E-state index contributed by atoms with van der Waals surface area (Å²) in [7, 11) is -3.08. The van der Waals surface area contributed by atoms with Crippen LogP contribution in [0.1, 0.15) is 5.56 Å². The Morgan fingerprint density at radius 2 is 2.06 bits per heavy atom. The molecule has 0 heterocycles. The van der Waals surface area contributed by atoms with Crippen molar-refractivity contribution >= 4 is 15.7 Å². The highest BCUT2D eigenvalue weighted by atomic mass is 32.2. The number of anilines is 1. The number of hydrogen-bond acceptors (Lipinski definition) is 4. The zero-order valence-corrected chi connectivity index (χ0v) is 10.1. The van der Waals surface area contributed by atoms with Crippen molar-refractivity contribution in [1.29, 1.82) is 0 Å². The molecule has 6 nitrogen and oxygen atoms in total. The lowest BCUT2D eigenvalue weighted by molar-refractivity contribution is -0.458. The van der Waals surface area contributed by atoms with Crippen molar-refractivity contribution in [2.75, 3.05) is 17.2 Å². The van der Waals surface area contributed by atoms with E-state index in [1.807, 2.05) is 0 Å². The van der Waals surface area contributed by atoms with Crippen LogP contribution in [0, 0.1) is 22.9 Å². The number of nitro groups is 1. The predicted molar refractivity (Wildman–Crippen MR) is 60.3 cm³/mol. The van der Waals surface area contributed by atoms with E-state index in [9.17, 15) is 22.9 Å². The maximum Gasteiger partial charge on any atom is 0.320 e. The fraction of sp³-hybridized carbons (Fsp3) is 0.333. The zero-order chi connectivity index (χ0) is 13.2. The monoisotopic (exact) mass is 262 g/mol. The molecule has 0 amide bonds. The van der Waals surface area contributed by atoms with E-state index in [1.165, 1.54) is 12.1 Å². The minimum atomic E-state index is -4.16. The van der Waals surface area contributed by atoms with Crippen LogP contribution in [0.5, 0.6) is 0 Å². The molecule has 0 saturated carbocycles. The summed E-state index contributed by atoms with van der Waals surface area (Å²) in [6, 6.07) is 3.91. The summed E-state index contributed by atoms with van der Waals surface area (Å²) in [5.74, 6) is -2.01. The molecule has 0 fully saturated rings. The second-order valence-corrected chi connectivity index (χ2v) is 5.47. The van der Waals surface area contributed by atoms with Gasteiger partial charge in [-0.15, -0.1) is 0 Å². The fourth-order valence-electron chi connectivity index (χ4n) is 1.23. The molecule has 0 bridgehead atoms. The summed E-state index contributed by atoms with van der Waals surface area (Å²) in [4.78, 5) is 9.24. The molecule has 0 spiro atoms. The minimum absolute atomic E-state index is 0.202. The lowest BCUT2D eigenvalue weighted by Gasteiger charge is -2.17. The van der Waals surface area contributed by atoms with E-state index in [1.54, 1.807) is 6.92 Å². The molecule has 17 heavy (non-hydrogen) atoms. The van der Waals surface area contributed by atoms with Gasteiger partial charge in [-0.25, -0.2) is 4.39 Å². The number of benzene rings is 1. The maximum atomic E-state index is 13.4. The van der Waals surface area contributed by atoms with Crippen molar-refractivity contribution in [2.24, 2.45) is 0 Å². The van der Waals surface area contributed by atoms with Crippen molar-refractivity contribution in [3.8, 4) is 0 Å². The second-order valence-electron chi connectivity index (χ2n) is 3.50. The second kappa shape index (κ2) is 4.66. The van der Waals surface area contributed by atoms with Crippen molar-refractivity contribution in [3.05, 3.63) is 39.7 Å². The Hall–Kier alpha value is -1.70. The first-order valence-corrected chi connectivity index (χ1v) is 6.19. The SMILES string of the molecule is Cc1ccc(F)c(N(C)S(=O)(=O)C[N+](=O)[O-])c1. The van der Waals surface area contributed by atoms with Crippen molar-refractivity contribution in [2.45, 2.75) is 6.92 Å². The van der Waals surface area contributed by atoms with Gasteiger partial charge in [-0.05, 0) is 24.6 Å². The third kappa shape index (κ3) is 3.13. The van der Waals surface area contributed by atoms with E-state index < -0.39 is 26.6 Å². The van der Waals surface area contributed by atoms with Gasteiger partial charge in [-0.2, -0.15) is 8.42 Å². The Kier molecular flexibility index (Phi) is 3.66. The number of halogens is 1. The molecule has 0 atom stereocenters. The average molecular weight is 262 g/mol. The van der Waals surface area contributed by atoms with Gasteiger partial charge < -0.3 is 0 Å². The van der Waals surface area contributed by atoms with Crippen LogP contribution in [-0.4, -0.2) is 26.3 Å². The molecule has 0 N–H and O–H groups in total. The van der Waals surface area contributed by atoms with E-state index in [-0.39, 0.29) is 5.69 Å². The van der Waals surface area contributed by atoms with Gasteiger partial charge in [0.2, 0.25) is 0 Å². The topological polar surface area (TPSA) is 80.5 Å². The van der Waals surface area contributed by atoms with Crippen LogP contribution in [0.3, 0.4) is 0 Å². The Morgan fingerprint density at radius 3 is 2.59 bits per heavy atom. The summed E-state index contributed by atoms with van der Waals surface area (Å²) < 4.78 is 37.0. The van der Waals surface area contributed by atoms with Crippen LogP contribution in [0.2, 0.25) is 0 Å². The molecule has 0 unspecified atom stereocenters. The highest BCUT2D eigenvalue weighted by Crippen LogP contribution is 2.22. The number of rotatable bonds is 4. The molecule has 1 aromatic carbocycles. The number of sulfonamides is 1. The Labute approximate surface area is 97.9 Å². The van der Waals surface area contributed by atoms with Crippen LogP contribution >= 0.6 is 0 Å². The molecule has 0 saturated heterocycles. The summed E-state index contributed by atoms with van der Waals surface area (Å²) in [5.41, 5.74) is 0.455. The van der Waals surface area contributed by atoms with Crippen LogP contribution in [0.4, 0.5) is 10.1 Å². The normalized spacial score (nSPS) is 11.2. The fourth-order valence-corrected chi connectivity index (χ4v) is 2.11. The minimum Gasteiger partial charge on any atom is -0.265 e. The first kappa shape index (κ1) is 13.4. The van der Waals surface area contributed by atoms with Gasteiger partial charge >= 0.3 is 15.9 Å². The van der Waals surface area contributed by atoms with E-state index in [0.29, 0.717) is 9.87 Å². The summed E-state index contributed by atoms with van der Waals surface area (Å²) in [6.07, 6.45) is 0. The number of hydrogen-bond donors (Lipinski definition) is 0. The molecule has 0 aliphatic heterocycles. The highest BCUT2D eigenvalue weighted by Gasteiger charge is 2.26. The van der Waals surface area contributed by atoms with E-state index in [4.69, 9.17) is 0 Å². The Morgan fingerprint density at radius 1 is 1.47 bits per heavy atom. The highest BCUT2D eigenvalue weighted by molar-refractivity contribution is 7.92. The van der Waals surface area contributed by atoms with E-state index >= 15 is 0 Å². The third-order valence-corrected chi connectivity index (χ3v) is 3.70. The molecule has 1 aromatic rings. The van der Waals surface area contributed by atoms with Gasteiger partial charge in [0.1, 0.15) is 5.82 Å². The van der Waals surface area contributed by atoms with Crippen molar-refractivity contribution in [3.63, 3.8) is 0 Å². The Bertz CT molecular complexity index is 544. The molecule has 8 heteroatoms. The van der Waals surface area contributed by atoms with Crippen molar-refractivity contribution in [1.82, 2.24) is 0 Å². The standard InChI is InChI=1S/C9H11FN2O4S/c1-7-3-4-8(10)9(5-7)11(2)17(15,16)6-12(13)14/h3-5H,6H2,1-2H3. The Balaban J connectivity index is 3.16. The van der Waals surface area contributed by atoms with Gasteiger partial charge in [0.15, 0.2) is 0 Å². The summed E-state index contributed by atoms with van der Waals surface area (Å²) >= 11 is 0. The van der Waals surface area contributed by atoms with Gasteiger partial charge in [0.05, 0.1) is 5.69 Å². The van der Waals surface area contributed by atoms with Crippen LogP contribution in [0.25, 0.3) is 0 Å². The lowest BCUT2D eigenvalue weighted by Crippen LogP contribution is -2.32. The van der Waals surface area contributed by atoms with E-state index in [0.717, 1.165) is 13.1 Å². The van der Waals surface area contributed by atoms with Crippen molar-refractivity contribution < 1.29 is 17.7 Å². The van der Waals surface area contributed by atoms with Gasteiger partial charge in [0.25, 0.3) is 0 Å². The molecular weight excluding hydrogens is 251 g/mol. The largest absolute Gasteiger partial charge is 0.320 e. The molecule has 0 aliphatic rings. The average Bonchev–Trinajstić information content (AvgIpc) is 2.18. The zero-order valence-electron chi connectivity index (χ0n) is 9.25. The molecular formula is C9H11FN2O4S. The molecule has 0 aliphatic carbocycles. The maximum absolute atomic E-state index is 13.4. The van der Waals surface area contributed by atoms with Crippen LogP contribution < -0.4 is 4.31 Å². The molecule has 1 rings (SSSR count). The van der Waals surface area contributed by atoms with Crippen LogP contribution in [-0.2, 0) is 10.0 Å². The molecule has 94 valence electrons. The van der Waals surface area contributed by atoms with Gasteiger partial charge in [-0.1, -0.05) is 6.07 Å².